The van der Waals surface area contributed by atoms with E-state index in [0.29, 0.717) is 17.1 Å². The van der Waals surface area contributed by atoms with Crippen LogP contribution in [0.1, 0.15) is 50.6 Å². The van der Waals surface area contributed by atoms with Gasteiger partial charge in [0.05, 0.1) is 11.2 Å². The first kappa shape index (κ1) is 13.0. The van der Waals surface area contributed by atoms with Gasteiger partial charge in [0.1, 0.15) is 5.69 Å². The van der Waals surface area contributed by atoms with Crippen LogP contribution in [0, 0.1) is 0 Å². The van der Waals surface area contributed by atoms with Crippen LogP contribution in [0.4, 0.5) is 0 Å². The lowest BCUT2D eigenvalue weighted by molar-refractivity contribution is 0.102. The van der Waals surface area contributed by atoms with E-state index in [1.54, 1.807) is 4.68 Å². The average molecular weight is 241 g/mol. The first-order valence-corrected chi connectivity index (χ1v) is 5.83. The van der Waals surface area contributed by atoms with Gasteiger partial charge in [-0.1, -0.05) is 24.6 Å². The number of rotatable bonds is 4. The Labute approximate surface area is 101 Å². The second-order valence-corrected chi connectivity index (χ2v) is 4.28. The lowest BCUT2D eigenvalue weighted by Crippen LogP contribution is -2.14. The third-order valence-corrected chi connectivity index (χ3v) is 2.75. The fraction of sp³-hybridized carbons (Fsp3) is 0.500. The molecule has 0 radical (unpaired) electrons. The molecule has 0 N–H and O–H groups in total. The van der Waals surface area contributed by atoms with Crippen LogP contribution in [0.5, 0.6) is 0 Å². The van der Waals surface area contributed by atoms with Gasteiger partial charge in [-0.3, -0.25) is 9.48 Å². The van der Waals surface area contributed by atoms with Gasteiger partial charge >= 0.3 is 0 Å². The number of carbonyl (C=O) groups is 1. The Kier molecular flexibility index (Phi) is 4.30. The van der Waals surface area contributed by atoms with Crippen molar-refractivity contribution in [3.63, 3.8) is 0 Å². The molecule has 0 amide bonds. The number of hydrogen-bond donors (Lipinski definition) is 0. The van der Waals surface area contributed by atoms with E-state index in [0.717, 1.165) is 5.57 Å². The average Bonchev–Trinajstić information content (AvgIpc) is 2.61. The predicted octanol–water partition coefficient (Wildman–Crippen LogP) is 3.66. The maximum absolute atomic E-state index is 12.2. The smallest absolute Gasteiger partial charge is 0.208 e. The van der Waals surface area contributed by atoms with Gasteiger partial charge in [0.2, 0.25) is 5.78 Å². The first-order valence-electron chi connectivity index (χ1n) is 5.45. The van der Waals surface area contributed by atoms with Crippen LogP contribution < -0.4 is 0 Å². The standard InChI is InChI=1S/C12H17ClN2O/c1-5-9(6-2)12(16)11-10(13)7-14-15(11)8(3)4/h5,7-8H,6H2,1-4H3. The Bertz CT molecular complexity index is 419. The number of Topliss-reactive ketones (excluding diaryl/α,β-unsaturated/α-hetero) is 1. The molecule has 1 heterocycles. The first-order chi connectivity index (χ1) is 7.52. The fourth-order valence-electron chi connectivity index (χ4n) is 1.59. The van der Waals surface area contributed by atoms with Crippen molar-refractivity contribution in [1.82, 2.24) is 9.78 Å². The van der Waals surface area contributed by atoms with Gasteiger partial charge in [-0.25, -0.2) is 0 Å². The summed E-state index contributed by atoms with van der Waals surface area (Å²) in [6.45, 7) is 7.76. The molecule has 1 aromatic rings. The molecule has 1 aromatic heterocycles. The highest BCUT2D eigenvalue weighted by Gasteiger charge is 2.20. The van der Waals surface area contributed by atoms with E-state index in [1.807, 2.05) is 33.8 Å². The van der Waals surface area contributed by atoms with Gasteiger partial charge in [0, 0.05) is 6.04 Å². The minimum absolute atomic E-state index is 0.0267. The molecule has 0 saturated carbocycles. The maximum atomic E-state index is 12.2. The van der Waals surface area contributed by atoms with E-state index >= 15 is 0 Å². The van der Waals surface area contributed by atoms with Gasteiger partial charge in [0.15, 0.2) is 0 Å². The van der Waals surface area contributed by atoms with E-state index in [1.165, 1.54) is 6.20 Å². The molecule has 1 rings (SSSR count). The molecule has 0 aliphatic heterocycles. The highest BCUT2D eigenvalue weighted by atomic mass is 35.5. The van der Waals surface area contributed by atoms with E-state index in [4.69, 9.17) is 11.6 Å². The summed E-state index contributed by atoms with van der Waals surface area (Å²) >= 11 is 6.01. The van der Waals surface area contributed by atoms with Gasteiger partial charge in [-0.15, -0.1) is 0 Å². The Morgan fingerprint density at radius 1 is 1.62 bits per heavy atom. The van der Waals surface area contributed by atoms with Crippen molar-refractivity contribution < 1.29 is 4.79 Å². The summed E-state index contributed by atoms with van der Waals surface area (Å²) in [7, 11) is 0. The molecule has 0 aromatic carbocycles. The Morgan fingerprint density at radius 2 is 2.25 bits per heavy atom. The Morgan fingerprint density at radius 3 is 2.69 bits per heavy atom. The van der Waals surface area contributed by atoms with Crippen LogP contribution in [0.15, 0.2) is 17.8 Å². The summed E-state index contributed by atoms with van der Waals surface area (Å²) in [5.41, 5.74) is 1.26. The highest BCUT2D eigenvalue weighted by Crippen LogP contribution is 2.22. The predicted molar refractivity (Wildman–Crippen MR) is 66.0 cm³/mol. The number of nitrogens with zero attached hydrogens (tertiary/aromatic N) is 2. The summed E-state index contributed by atoms with van der Waals surface area (Å²) < 4.78 is 1.67. The molecule has 0 fully saturated rings. The molecule has 0 spiro atoms. The van der Waals surface area contributed by atoms with Gasteiger partial charge < -0.3 is 0 Å². The minimum atomic E-state index is -0.0267. The molecule has 0 aliphatic carbocycles. The van der Waals surface area contributed by atoms with Crippen molar-refractivity contribution in [2.24, 2.45) is 0 Å². The van der Waals surface area contributed by atoms with Crippen LogP contribution in [0.3, 0.4) is 0 Å². The quantitative estimate of drug-likeness (QED) is 0.595. The molecular weight excluding hydrogens is 224 g/mol. The van der Waals surface area contributed by atoms with Gasteiger partial charge in [-0.2, -0.15) is 5.10 Å². The third kappa shape index (κ3) is 2.35. The van der Waals surface area contributed by atoms with Crippen molar-refractivity contribution in [2.75, 3.05) is 0 Å². The topological polar surface area (TPSA) is 34.9 Å². The zero-order valence-electron chi connectivity index (χ0n) is 10.1. The molecular formula is C12H17ClN2O. The van der Waals surface area contributed by atoms with E-state index in [9.17, 15) is 4.79 Å². The summed E-state index contributed by atoms with van der Waals surface area (Å²) in [6.07, 6.45) is 4.06. The summed E-state index contributed by atoms with van der Waals surface area (Å²) in [5, 5.41) is 4.55. The molecule has 4 heteroatoms. The molecule has 0 atom stereocenters. The van der Waals surface area contributed by atoms with Crippen LogP contribution in [0.2, 0.25) is 5.02 Å². The normalized spacial score (nSPS) is 12.2. The second kappa shape index (κ2) is 5.30. The van der Waals surface area contributed by atoms with E-state index < -0.39 is 0 Å². The zero-order valence-corrected chi connectivity index (χ0v) is 10.9. The summed E-state index contributed by atoms with van der Waals surface area (Å²) in [5.74, 6) is -0.0267. The molecule has 0 aliphatic rings. The number of ketones is 1. The lowest BCUT2D eigenvalue weighted by atomic mass is 10.1. The van der Waals surface area contributed by atoms with Crippen LogP contribution >= 0.6 is 11.6 Å². The molecule has 3 nitrogen and oxygen atoms in total. The minimum Gasteiger partial charge on any atom is -0.287 e. The van der Waals surface area contributed by atoms with Crippen molar-refractivity contribution in [3.05, 3.63) is 28.6 Å². The van der Waals surface area contributed by atoms with Crippen LogP contribution in [0.25, 0.3) is 0 Å². The molecule has 0 bridgehead atoms. The lowest BCUT2D eigenvalue weighted by Gasteiger charge is -2.11. The number of carbonyl (C=O) groups excluding carboxylic acids is 1. The number of aromatic nitrogens is 2. The van der Waals surface area contributed by atoms with Crippen molar-refractivity contribution in [3.8, 4) is 0 Å². The third-order valence-electron chi connectivity index (χ3n) is 2.48. The monoisotopic (exact) mass is 240 g/mol. The number of allylic oxidation sites excluding steroid dienone is 2. The number of halogens is 1. The SMILES string of the molecule is CC=C(CC)C(=O)c1c(Cl)cnn1C(C)C. The largest absolute Gasteiger partial charge is 0.287 e. The molecule has 0 saturated heterocycles. The van der Waals surface area contributed by atoms with Gasteiger partial charge in [0.25, 0.3) is 0 Å². The van der Waals surface area contributed by atoms with Crippen molar-refractivity contribution in [1.29, 1.82) is 0 Å². The summed E-state index contributed by atoms with van der Waals surface area (Å²) in [6, 6.07) is 0.126. The second-order valence-electron chi connectivity index (χ2n) is 3.88. The number of hydrogen-bond acceptors (Lipinski definition) is 2. The Balaban J connectivity index is 3.22. The zero-order chi connectivity index (χ0) is 12.3. The van der Waals surface area contributed by atoms with Crippen LogP contribution in [-0.2, 0) is 0 Å². The molecule has 0 unspecified atom stereocenters. The van der Waals surface area contributed by atoms with E-state index in [2.05, 4.69) is 5.10 Å². The molecule has 88 valence electrons. The van der Waals surface area contributed by atoms with Gasteiger partial charge in [-0.05, 0) is 32.8 Å². The van der Waals surface area contributed by atoms with Crippen molar-refractivity contribution >= 4 is 17.4 Å². The summed E-state index contributed by atoms with van der Waals surface area (Å²) in [4.78, 5) is 12.2. The van der Waals surface area contributed by atoms with E-state index in [-0.39, 0.29) is 11.8 Å². The molecule has 16 heavy (non-hydrogen) atoms. The fourth-order valence-corrected chi connectivity index (χ4v) is 1.81. The Hall–Kier alpha value is -1.09. The van der Waals surface area contributed by atoms with Crippen molar-refractivity contribution in [2.45, 2.75) is 40.2 Å². The van der Waals surface area contributed by atoms with Crippen LogP contribution in [-0.4, -0.2) is 15.6 Å². The maximum Gasteiger partial charge on any atom is 0.208 e. The highest BCUT2D eigenvalue weighted by molar-refractivity contribution is 6.34.